The maximum absolute atomic E-state index is 11.7. The van der Waals surface area contributed by atoms with E-state index in [0.717, 1.165) is 16.8 Å². The fraction of sp³-hybridized carbons (Fsp3) is 0.235. The van der Waals surface area contributed by atoms with E-state index in [-0.39, 0.29) is 5.75 Å². The minimum atomic E-state index is -2.51. The van der Waals surface area contributed by atoms with Gasteiger partial charge in [0.2, 0.25) is 0 Å². The molecule has 0 saturated heterocycles. The van der Waals surface area contributed by atoms with E-state index in [4.69, 9.17) is 9.94 Å². The fourth-order valence-corrected chi connectivity index (χ4v) is 3.44. The lowest BCUT2D eigenvalue weighted by Gasteiger charge is -2.32. The number of hydrogen-bond donors (Lipinski definition) is 3. The van der Waals surface area contributed by atoms with Crippen molar-refractivity contribution in [2.45, 2.75) is 12.3 Å². The highest BCUT2D eigenvalue weighted by atomic mass is 32.2. The summed E-state index contributed by atoms with van der Waals surface area (Å²) in [4.78, 5) is 13.7. The van der Waals surface area contributed by atoms with Crippen molar-refractivity contribution in [3.63, 3.8) is 0 Å². The Morgan fingerprint density at radius 1 is 1.20 bits per heavy atom. The minimum absolute atomic E-state index is 0.00430. The van der Waals surface area contributed by atoms with Gasteiger partial charge in [-0.1, -0.05) is 24.3 Å². The Labute approximate surface area is 146 Å². The standard InChI is InChI=1S/C17H18N2O5S/c20-17(18-21)12-5-6-16-15(9-12)19(7-8-24-16)10-13-3-1-2-4-14(13)11-25(22)23/h1-6,9,21,25H,7-8,10-11H2,(H,18,20). The Balaban J connectivity index is 1.92. The molecule has 0 fully saturated rings. The maximum Gasteiger partial charge on any atom is 0.274 e. The monoisotopic (exact) mass is 362 g/mol. The predicted octanol–water partition coefficient (Wildman–Crippen LogP) is 1.32. The zero-order valence-corrected chi connectivity index (χ0v) is 14.2. The van der Waals surface area contributed by atoms with Crippen LogP contribution in [-0.2, 0) is 23.0 Å². The molecule has 8 heteroatoms. The Hall–Kier alpha value is -2.58. The second-order valence-electron chi connectivity index (χ2n) is 5.65. The van der Waals surface area contributed by atoms with E-state index >= 15 is 0 Å². The van der Waals surface area contributed by atoms with Crippen LogP contribution in [0.3, 0.4) is 0 Å². The third-order valence-electron chi connectivity index (χ3n) is 4.06. The number of carbonyl (C=O) groups is 1. The average molecular weight is 362 g/mol. The van der Waals surface area contributed by atoms with Crippen LogP contribution in [0.15, 0.2) is 42.5 Å². The highest BCUT2D eigenvalue weighted by Crippen LogP contribution is 2.33. The van der Waals surface area contributed by atoms with Gasteiger partial charge in [0, 0.05) is 12.1 Å². The van der Waals surface area contributed by atoms with E-state index in [1.54, 1.807) is 29.7 Å². The molecule has 0 atom stereocenters. The van der Waals surface area contributed by atoms with Crippen molar-refractivity contribution in [3.8, 4) is 5.75 Å². The largest absolute Gasteiger partial charge is 0.490 e. The molecule has 1 heterocycles. The molecule has 7 nitrogen and oxygen atoms in total. The first-order valence-electron chi connectivity index (χ1n) is 7.73. The van der Waals surface area contributed by atoms with E-state index in [1.807, 2.05) is 23.1 Å². The van der Waals surface area contributed by atoms with E-state index in [0.29, 0.717) is 31.0 Å². The summed E-state index contributed by atoms with van der Waals surface area (Å²) in [5.41, 5.74) is 4.33. The van der Waals surface area contributed by atoms with Crippen molar-refractivity contribution in [3.05, 3.63) is 59.2 Å². The van der Waals surface area contributed by atoms with Crippen molar-refractivity contribution in [2.24, 2.45) is 0 Å². The van der Waals surface area contributed by atoms with Crippen LogP contribution >= 0.6 is 0 Å². The van der Waals surface area contributed by atoms with E-state index in [1.165, 1.54) is 0 Å². The van der Waals surface area contributed by atoms with Crippen molar-refractivity contribution < 1.29 is 23.2 Å². The van der Waals surface area contributed by atoms with Crippen LogP contribution in [0.4, 0.5) is 5.69 Å². The second-order valence-corrected chi connectivity index (χ2v) is 6.63. The van der Waals surface area contributed by atoms with Crippen molar-refractivity contribution in [1.29, 1.82) is 0 Å². The summed E-state index contributed by atoms with van der Waals surface area (Å²) < 4.78 is 27.8. The zero-order valence-electron chi connectivity index (χ0n) is 13.3. The number of fused-ring (bicyclic) bond motifs is 1. The van der Waals surface area contributed by atoms with E-state index < -0.39 is 16.6 Å². The summed E-state index contributed by atoms with van der Waals surface area (Å²) in [6.45, 7) is 1.60. The SMILES string of the molecule is O=C(NO)c1ccc2c(c1)N(Cc1ccccc1C[SH](=O)=O)CCO2. The molecule has 0 aliphatic carbocycles. The van der Waals surface area contributed by atoms with Crippen molar-refractivity contribution >= 4 is 22.3 Å². The number of amides is 1. The van der Waals surface area contributed by atoms with Gasteiger partial charge in [-0.2, -0.15) is 0 Å². The zero-order chi connectivity index (χ0) is 17.8. The Kier molecular flexibility index (Phi) is 5.20. The molecule has 0 aromatic heterocycles. The third kappa shape index (κ3) is 3.92. The number of thiol groups is 1. The molecule has 1 aliphatic heterocycles. The molecule has 0 bridgehead atoms. The normalized spacial score (nSPS) is 13.3. The molecule has 0 spiro atoms. The number of nitrogens with one attached hydrogen (secondary N) is 1. The van der Waals surface area contributed by atoms with Crippen LogP contribution in [0.25, 0.3) is 0 Å². The molecule has 0 unspecified atom stereocenters. The summed E-state index contributed by atoms with van der Waals surface area (Å²) in [5.74, 6) is 0.0422. The Morgan fingerprint density at radius 2 is 1.96 bits per heavy atom. The number of benzene rings is 2. The number of ether oxygens (including phenoxy) is 1. The first kappa shape index (κ1) is 17.2. The summed E-state index contributed by atoms with van der Waals surface area (Å²) in [6, 6.07) is 12.3. The molecule has 1 aliphatic rings. The van der Waals surface area contributed by atoms with Crippen LogP contribution in [0, 0.1) is 0 Å². The molecule has 2 N–H and O–H groups in total. The van der Waals surface area contributed by atoms with Crippen LogP contribution in [0.1, 0.15) is 21.5 Å². The second kappa shape index (κ2) is 7.54. The third-order valence-corrected chi connectivity index (χ3v) is 4.66. The Morgan fingerprint density at radius 3 is 2.68 bits per heavy atom. The highest BCUT2D eigenvalue weighted by Gasteiger charge is 2.21. The van der Waals surface area contributed by atoms with Crippen LogP contribution in [0.2, 0.25) is 0 Å². The van der Waals surface area contributed by atoms with Crippen molar-refractivity contribution in [1.82, 2.24) is 5.48 Å². The van der Waals surface area contributed by atoms with Gasteiger partial charge >= 0.3 is 0 Å². The van der Waals surface area contributed by atoms with Crippen LogP contribution in [0.5, 0.6) is 5.75 Å². The smallest absolute Gasteiger partial charge is 0.274 e. The van der Waals surface area contributed by atoms with Crippen LogP contribution < -0.4 is 15.1 Å². The van der Waals surface area contributed by atoms with Gasteiger partial charge in [0.1, 0.15) is 23.1 Å². The molecular weight excluding hydrogens is 344 g/mol. The minimum Gasteiger partial charge on any atom is -0.490 e. The number of carbonyl (C=O) groups excluding carboxylic acids is 1. The van der Waals surface area contributed by atoms with Crippen molar-refractivity contribution in [2.75, 3.05) is 18.1 Å². The molecule has 25 heavy (non-hydrogen) atoms. The van der Waals surface area contributed by atoms with Gasteiger partial charge in [0.05, 0.1) is 18.0 Å². The fourth-order valence-electron chi connectivity index (χ4n) is 2.85. The average Bonchev–Trinajstić information content (AvgIpc) is 2.62. The lowest BCUT2D eigenvalue weighted by atomic mass is 10.1. The van der Waals surface area contributed by atoms with Gasteiger partial charge < -0.3 is 9.64 Å². The Bertz CT molecular complexity index is 858. The van der Waals surface area contributed by atoms with Gasteiger partial charge in [-0.3, -0.25) is 10.0 Å². The molecule has 132 valence electrons. The predicted molar refractivity (Wildman–Crippen MR) is 92.7 cm³/mol. The highest BCUT2D eigenvalue weighted by molar-refractivity contribution is 7.71. The molecule has 0 radical (unpaired) electrons. The summed E-state index contributed by atoms with van der Waals surface area (Å²) in [7, 11) is -2.51. The quantitative estimate of drug-likeness (QED) is 0.422. The number of hydroxylamine groups is 1. The van der Waals surface area contributed by atoms with Gasteiger partial charge in [-0.15, -0.1) is 0 Å². The van der Waals surface area contributed by atoms with Gasteiger partial charge in [-0.05, 0) is 29.3 Å². The lowest BCUT2D eigenvalue weighted by molar-refractivity contribution is 0.0706. The first-order valence-corrected chi connectivity index (χ1v) is 9.09. The number of rotatable bonds is 5. The molecule has 2 aromatic carbocycles. The van der Waals surface area contributed by atoms with Crippen LogP contribution in [-0.4, -0.2) is 32.7 Å². The lowest BCUT2D eigenvalue weighted by Crippen LogP contribution is -2.33. The summed E-state index contributed by atoms with van der Waals surface area (Å²) >= 11 is 0. The van der Waals surface area contributed by atoms with Gasteiger partial charge in [0.25, 0.3) is 5.91 Å². The maximum atomic E-state index is 11.7. The topological polar surface area (TPSA) is 95.9 Å². The molecule has 2 aromatic rings. The van der Waals surface area contributed by atoms with E-state index in [9.17, 15) is 13.2 Å². The first-order chi connectivity index (χ1) is 12.1. The summed E-state index contributed by atoms with van der Waals surface area (Å²) in [5, 5.41) is 8.81. The molecule has 0 saturated carbocycles. The molecular formula is C17H18N2O5S. The molecule has 3 rings (SSSR count). The van der Waals surface area contributed by atoms with Gasteiger partial charge in [-0.25, -0.2) is 13.9 Å². The number of hydrogen-bond acceptors (Lipinski definition) is 6. The number of nitrogens with zero attached hydrogens (tertiary/aromatic N) is 1. The molecule has 1 amide bonds. The number of anilines is 1. The summed E-state index contributed by atoms with van der Waals surface area (Å²) in [6.07, 6.45) is 0. The van der Waals surface area contributed by atoms with E-state index in [2.05, 4.69) is 0 Å². The van der Waals surface area contributed by atoms with Gasteiger partial charge in [0.15, 0.2) is 0 Å².